The van der Waals surface area contributed by atoms with Crippen molar-refractivity contribution in [1.82, 2.24) is 14.1 Å². The van der Waals surface area contributed by atoms with Gasteiger partial charge in [0.05, 0.1) is 5.69 Å². The van der Waals surface area contributed by atoms with Crippen LogP contribution in [0.25, 0.3) is 45.3 Å². The minimum Gasteiger partial charge on any atom is -0.248 e. The summed E-state index contributed by atoms with van der Waals surface area (Å²) in [7, 11) is 2.09. The summed E-state index contributed by atoms with van der Waals surface area (Å²) in [5.74, 6) is 1.96. The fraction of sp³-hybridized carbons (Fsp3) is 0.0667. The topological polar surface area (TPSA) is 26.6 Å². The highest BCUT2D eigenvalue weighted by atomic mass is 15.3. The van der Waals surface area contributed by atoms with Crippen LogP contribution in [0, 0.1) is 6.92 Å². The highest BCUT2D eigenvalue weighted by Gasteiger charge is 2.32. The molecule has 2 heterocycles. The third kappa shape index (κ3) is 3.15. The largest absolute Gasteiger partial charge is 0.360 e. The van der Waals surface area contributed by atoms with Gasteiger partial charge in [0.1, 0.15) is 16.9 Å². The molecule has 0 aliphatic carbocycles. The van der Waals surface area contributed by atoms with Crippen LogP contribution in [-0.2, 0) is 7.05 Å². The molecule has 0 saturated carbocycles. The molecule has 2 aromatic heterocycles. The standard InChI is InChI=1S/C30H25N4/c1-22-28(23-14-6-3-7-15-23)34(25-18-10-5-11-19-25)29(24-16-8-4-9-17-24)33(22)30-31-26-20-12-13-21-27(26)32(30)2/h3-21H,1-2H3/q+1. The third-order valence-electron chi connectivity index (χ3n) is 6.38. The Labute approximate surface area is 199 Å². The number of aromatic nitrogens is 4. The zero-order chi connectivity index (χ0) is 23.1. The van der Waals surface area contributed by atoms with Gasteiger partial charge < -0.3 is 0 Å². The fourth-order valence-electron chi connectivity index (χ4n) is 4.82. The number of nitrogens with zero attached hydrogens (tertiary/aromatic N) is 4. The minimum absolute atomic E-state index is 0.893. The van der Waals surface area contributed by atoms with Crippen molar-refractivity contribution >= 4 is 11.0 Å². The second-order valence-electron chi connectivity index (χ2n) is 8.46. The summed E-state index contributed by atoms with van der Waals surface area (Å²) in [6, 6.07) is 40.1. The quantitative estimate of drug-likeness (QED) is 0.296. The van der Waals surface area contributed by atoms with Crippen molar-refractivity contribution in [3.8, 4) is 34.3 Å². The van der Waals surface area contributed by atoms with E-state index in [4.69, 9.17) is 4.98 Å². The third-order valence-corrected chi connectivity index (χ3v) is 6.38. The van der Waals surface area contributed by atoms with E-state index in [1.165, 1.54) is 5.56 Å². The van der Waals surface area contributed by atoms with Gasteiger partial charge in [-0.2, -0.15) is 4.57 Å². The van der Waals surface area contributed by atoms with Crippen LogP contribution in [0.1, 0.15) is 5.69 Å². The number of hydrogen-bond donors (Lipinski definition) is 0. The first-order valence-electron chi connectivity index (χ1n) is 11.5. The van der Waals surface area contributed by atoms with Gasteiger partial charge in [0.2, 0.25) is 5.82 Å². The highest BCUT2D eigenvalue weighted by molar-refractivity contribution is 5.77. The second-order valence-corrected chi connectivity index (χ2v) is 8.46. The Kier molecular flexibility index (Phi) is 4.84. The van der Waals surface area contributed by atoms with Crippen molar-refractivity contribution in [2.24, 2.45) is 7.05 Å². The van der Waals surface area contributed by atoms with Crippen molar-refractivity contribution in [2.45, 2.75) is 6.92 Å². The van der Waals surface area contributed by atoms with E-state index in [9.17, 15) is 0 Å². The zero-order valence-electron chi connectivity index (χ0n) is 19.3. The predicted molar refractivity (Wildman–Crippen MR) is 137 cm³/mol. The van der Waals surface area contributed by atoms with Crippen LogP contribution in [-0.4, -0.2) is 14.1 Å². The predicted octanol–water partition coefficient (Wildman–Crippen LogP) is 6.28. The SMILES string of the molecule is Cc1c(-c2ccccc2)n(-c2ccccc2)c(-c2ccccc2)[n+]1-c1nc2ccccc2n1C. The molecule has 4 aromatic carbocycles. The molecule has 0 bridgehead atoms. The second kappa shape index (κ2) is 8.16. The molecule has 0 spiro atoms. The van der Waals surface area contributed by atoms with Crippen molar-refractivity contribution in [2.75, 3.05) is 0 Å². The molecule has 0 N–H and O–H groups in total. The average molecular weight is 442 g/mol. The first-order valence-corrected chi connectivity index (χ1v) is 11.5. The number of imidazole rings is 2. The van der Waals surface area contributed by atoms with E-state index < -0.39 is 0 Å². The average Bonchev–Trinajstić information content (AvgIpc) is 3.39. The minimum atomic E-state index is 0.893. The summed E-state index contributed by atoms with van der Waals surface area (Å²) in [5.41, 5.74) is 7.78. The molecule has 34 heavy (non-hydrogen) atoms. The van der Waals surface area contributed by atoms with Gasteiger partial charge in [0, 0.05) is 18.2 Å². The van der Waals surface area contributed by atoms with E-state index in [1.807, 2.05) is 6.07 Å². The van der Waals surface area contributed by atoms with Crippen molar-refractivity contribution < 1.29 is 4.57 Å². The summed E-state index contributed by atoms with van der Waals surface area (Å²) in [6.07, 6.45) is 0. The molecule has 0 amide bonds. The van der Waals surface area contributed by atoms with Crippen molar-refractivity contribution in [3.63, 3.8) is 0 Å². The zero-order valence-corrected chi connectivity index (χ0v) is 19.3. The van der Waals surface area contributed by atoms with E-state index in [-0.39, 0.29) is 0 Å². The molecule has 0 unspecified atom stereocenters. The smallest absolute Gasteiger partial charge is 0.248 e. The Bertz CT molecular complexity index is 1590. The maximum atomic E-state index is 5.08. The number of fused-ring (bicyclic) bond motifs is 1. The summed E-state index contributed by atoms with van der Waals surface area (Å²) >= 11 is 0. The Hall–Kier alpha value is -4.44. The number of benzene rings is 4. The molecule has 0 aliphatic rings. The molecule has 0 aliphatic heterocycles. The van der Waals surface area contributed by atoms with Gasteiger partial charge in [-0.3, -0.25) is 0 Å². The molecule has 4 heteroatoms. The van der Waals surface area contributed by atoms with E-state index in [0.717, 1.165) is 45.4 Å². The molecule has 0 saturated heterocycles. The van der Waals surface area contributed by atoms with E-state index in [2.05, 4.69) is 137 Å². The van der Waals surface area contributed by atoms with E-state index in [1.54, 1.807) is 0 Å². The van der Waals surface area contributed by atoms with E-state index >= 15 is 0 Å². The Morgan fingerprint density at radius 1 is 0.647 bits per heavy atom. The van der Waals surface area contributed by atoms with Gasteiger partial charge in [-0.15, -0.1) is 4.98 Å². The summed E-state index contributed by atoms with van der Waals surface area (Å²) in [6.45, 7) is 2.19. The van der Waals surface area contributed by atoms with Gasteiger partial charge in [-0.1, -0.05) is 78.9 Å². The summed E-state index contributed by atoms with van der Waals surface area (Å²) < 4.78 is 6.84. The molecule has 6 rings (SSSR count). The van der Waals surface area contributed by atoms with Crippen molar-refractivity contribution in [3.05, 3.63) is 121 Å². The molecule has 0 radical (unpaired) electrons. The lowest BCUT2D eigenvalue weighted by Crippen LogP contribution is -2.38. The van der Waals surface area contributed by atoms with Gasteiger partial charge in [0.25, 0.3) is 0 Å². The van der Waals surface area contributed by atoms with Crippen LogP contribution in [0.4, 0.5) is 0 Å². The first-order chi connectivity index (χ1) is 16.7. The number of aryl methyl sites for hydroxylation is 1. The molecule has 164 valence electrons. The lowest BCUT2D eigenvalue weighted by atomic mass is 10.1. The van der Waals surface area contributed by atoms with Crippen LogP contribution >= 0.6 is 0 Å². The number of hydrogen-bond acceptors (Lipinski definition) is 1. The van der Waals surface area contributed by atoms with Crippen LogP contribution in [0.5, 0.6) is 0 Å². The van der Waals surface area contributed by atoms with Gasteiger partial charge in [0.15, 0.2) is 5.52 Å². The fourth-order valence-corrected chi connectivity index (χ4v) is 4.82. The number of rotatable bonds is 4. The van der Waals surface area contributed by atoms with E-state index in [0.29, 0.717) is 0 Å². The normalized spacial score (nSPS) is 11.2. The monoisotopic (exact) mass is 441 g/mol. The maximum absolute atomic E-state index is 5.08. The molecule has 4 nitrogen and oxygen atoms in total. The maximum Gasteiger partial charge on any atom is 0.360 e. The molecule has 0 atom stereocenters. The Balaban J connectivity index is 1.79. The Morgan fingerprint density at radius 3 is 1.85 bits per heavy atom. The van der Waals surface area contributed by atoms with Crippen LogP contribution in [0.15, 0.2) is 115 Å². The van der Waals surface area contributed by atoms with Crippen LogP contribution in [0.2, 0.25) is 0 Å². The van der Waals surface area contributed by atoms with Crippen molar-refractivity contribution in [1.29, 1.82) is 0 Å². The lowest BCUT2D eigenvalue weighted by molar-refractivity contribution is -0.598. The highest BCUT2D eigenvalue weighted by Crippen LogP contribution is 2.33. The Morgan fingerprint density at radius 2 is 1.21 bits per heavy atom. The summed E-state index contributed by atoms with van der Waals surface area (Å²) in [5, 5.41) is 0. The van der Waals surface area contributed by atoms with Gasteiger partial charge in [-0.05, 0) is 43.3 Å². The first kappa shape index (κ1) is 20.2. The molecule has 0 fully saturated rings. The lowest BCUT2D eigenvalue weighted by Gasteiger charge is -2.10. The molecular formula is C30H25N4+. The van der Waals surface area contributed by atoms with Gasteiger partial charge in [-0.25, -0.2) is 9.13 Å². The molecule has 6 aromatic rings. The summed E-state index contributed by atoms with van der Waals surface area (Å²) in [4.78, 5) is 5.08. The molecular weight excluding hydrogens is 416 g/mol. The number of para-hydroxylation sites is 3. The van der Waals surface area contributed by atoms with Crippen LogP contribution in [0.3, 0.4) is 0 Å². The van der Waals surface area contributed by atoms with Crippen LogP contribution < -0.4 is 4.57 Å². The van der Waals surface area contributed by atoms with Gasteiger partial charge >= 0.3 is 5.95 Å².